The van der Waals surface area contributed by atoms with E-state index in [-0.39, 0.29) is 0 Å². The molecule has 1 unspecified atom stereocenters. The van der Waals surface area contributed by atoms with Gasteiger partial charge >= 0.3 is 0 Å². The normalized spacial score (nSPS) is 11.6. The average molecular weight is 166 g/mol. The lowest BCUT2D eigenvalue weighted by Gasteiger charge is -1.99. The summed E-state index contributed by atoms with van der Waals surface area (Å²) in [7, 11) is 0. The molecule has 1 heteroatoms. The van der Waals surface area contributed by atoms with Gasteiger partial charge in [0, 0.05) is 6.42 Å². The van der Waals surface area contributed by atoms with Crippen molar-refractivity contribution in [1.29, 1.82) is 0 Å². The number of hydrogen-bond acceptors (Lipinski definition) is 0. The number of rotatable bonds is 6. The second kappa shape index (κ2) is 8.15. The Bertz CT molecular complexity index is 170. The van der Waals surface area contributed by atoms with Gasteiger partial charge in [0.15, 0.2) is 6.17 Å². The van der Waals surface area contributed by atoms with Crippen LogP contribution in [0.4, 0.5) is 4.39 Å². The first kappa shape index (κ1) is 11.1. The molecule has 0 heterocycles. The molecule has 0 rings (SSSR count). The fourth-order valence-electron chi connectivity index (χ4n) is 0.988. The Morgan fingerprint density at radius 2 is 1.75 bits per heavy atom. The van der Waals surface area contributed by atoms with Crippen LogP contribution in [0, 0.1) is 24.7 Å². The largest absolute Gasteiger partial charge is 0.233 e. The summed E-state index contributed by atoms with van der Waals surface area (Å²) in [6.07, 6.45) is 14.3. The Hall–Kier alpha value is -0.950. The second-order valence-electron chi connectivity index (χ2n) is 2.79. The first-order chi connectivity index (χ1) is 5.81. The molecule has 0 aliphatic heterocycles. The molecule has 1 atom stereocenters. The quantitative estimate of drug-likeness (QED) is 0.420. The Morgan fingerprint density at radius 3 is 2.33 bits per heavy atom. The maximum absolute atomic E-state index is 12.4. The number of halogens is 1. The van der Waals surface area contributed by atoms with E-state index in [9.17, 15) is 4.39 Å². The minimum Gasteiger partial charge on any atom is -0.233 e. The summed E-state index contributed by atoms with van der Waals surface area (Å²) in [5.41, 5.74) is 0. The molecule has 0 aromatic rings. The molecule has 0 nitrogen and oxygen atoms in total. The first-order valence-electron chi connectivity index (χ1n) is 4.35. The van der Waals surface area contributed by atoms with Crippen molar-refractivity contribution in [3.8, 4) is 24.7 Å². The summed E-state index contributed by atoms with van der Waals surface area (Å²) in [5, 5.41) is 0. The summed E-state index contributed by atoms with van der Waals surface area (Å²) in [4.78, 5) is 0. The van der Waals surface area contributed by atoms with Crippen LogP contribution < -0.4 is 0 Å². The molecule has 0 N–H and O–H groups in total. The van der Waals surface area contributed by atoms with Gasteiger partial charge in [-0.1, -0.05) is 18.8 Å². The van der Waals surface area contributed by atoms with Crippen molar-refractivity contribution in [2.24, 2.45) is 0 Å². The third-order valence-corrected chi connectivity index (χ3v) is 1.71. The molecule has 0 bridgehead atoms. The lowest BCUT2D eigenvalue weighted by Crippen LogP contribution is -1.94. The van der Waals surface area contributed by atoms with Crippen molar-refractivity contribution in [1.82, 2.24) is 0 Å². The third-order valence-electron chi connectivity index (χ3n) is 1.71. The fourth-order valence-corrected chi connectivity index (χ4v) is 0.988. The van der Waals surface area contributed by atoms with E-state index in [1.807, 2.05) is 0 Å². The van der Waals surface area contributed by atoms with Crippen LogP contribution in [0.2, 0.25) is 0 Å². The van der Waals surface area contributed by atoms with Crippen LogP contribution in [0.1, 0.15) is 38.5 Å². The standard InChI is InChI=1S/C11H15F/c1-3-5-6-7-8-9-10-11(12)4-2/h1-2,11H,5-10H2. The van der Waals surface area contributed by atoms with Gasteiger partial charge in [0.25, 0.3) is 0 Å². The van der Waals surface area contributed by atoms with E-state index in [1.54, 1.807) is 0 Å². The number of unbranched alkanes of at least 4 members (excludes halogenated alkanes) is 4. The third kappa shape index (κ3) is 7.16. The monoisotopic (exact) mass is 166 g/mol. The van der Waals surface area contributed by atoms with Gasteiger partial charge in [-0.25, -0.2) is 4.39 Å². The lowest BCUT2D eigenvalue weighted by molar-refractivity contribution is 0.376. The lowest BCUT2D eigenvalue weighted by atomic mass is 10.1. The van der Waals surface area contributed by atoms with Crippen molar-refractivity contribution in [2.75, 3.05) is 0 Å². The molecule has 0 aliphatic carbocycles. The Kier molecular flexibility index (Phi) is 7.50. The van der Waals surface area contributed by atoms with Gasteiger partial charge in [0.05, 0.1) is 0 Å². The molecule has 0 fully saturated rings. The smallest absolute Gasteiger partial charge is 0.160 e. The topological polar surface area (TPSA) is 0 Å². The molecule has 0 spiro atoms. The van der Waals surface area contributed by atoms with Gasteiger partial charge in [0.1, 0.15) is 0 Å². The first-order valence-corrected chi connectivity index (χ1v) is 4.35. The summed E-state index contributed by atoms with van der Waals surface area (Å²) < 4.78 is 12.4. The van der Waals surface area contributed by atoms with Crippen LogP contribution in [-0.2, 0) is 0 Å². The molecule has 0 aliphatic rings. The van der Waals surface area contributed by atoms with Crippen molar-refractivity contribution in [3.63, 3.8) is 0 Å². The predicted octanol–water partition coefficient (Wildman–Crippen LogP) is 2.93. The molecule has 0 radical (unpaired) electrons. The van der Waals surface area contributed by atoms with Crippen LogP contribution in [-0.4, -0.2) is 6.17 Å². The SMILES string of the molecule is C#CCCCCCCC(F)C#C. The van der Waals surface area contributed by atoms with Crippen molar-refractivity contribution < 1.29 is 4.39 Å². The van der Waals surface area contributed by atoms with Gasteiger partial charge in [-0.3, -0.25) is 0 Å². The Labute approximate surface area is 74.6 Å². The zero-order valence-corrected chi connectivity index (χ0v) is 7.35. The molecule has 0 aromatic heterocycles. The van der Waals surface area contributed by atoms with Crippen LogP contribution in [0.25, 0.3) is 0 Å². The highest BCUT2D eigenvalue weighted by molar-refractivity contribution is 4.93. The maximum Gasteiger partial charge on any atom is 0.160 e. The minimum absolute atomic E-state index is 0.493. The van der Waals surface area contributed by atoms with Crippen molar-refractivity contribution in [2.45, 2.75) is 44.7 Å². The van der Waals surface area contributed by atoms with Crippen LogP contribution in [0.15, 0.2) is 0 Å². The second-order valence-corrected chi connectivity index (χ2v) is 2.79. The highest BCUT2D eigenvalue weighted by Crippen LogP contribution is 2.08. The summed E-state index contributed by atoms with van der Waals surface area (Å²) in [5.74, 6) is 4.64. The summed E-state index contributed by atoms with van der Waals surface area (Å²) in [6.45, 7) is 0. The van der Waals surface area contributed by atoms with Crippen molar-refractivity contribution in [3.05, 3.63) is 0 Å². The molecule has 0 aromatic carbocycles. The van der Waals surface area contributed by atoms with Crippen molar-refractivity contribution >= 4 is 0 Å². The van der Waals surface area contributed by atoms with E-state index in [0.717, 1.165) is 32.1 Å². The van der Waals surface area contributed by atoms with Gasteiger partial charge in [0.2, 0.25) is 0 Å². The molecule has 0 saturated heterocycles. The van der Waals surface area contributed by atoms with E-state index in [1.165, 1.54) is 0 Å². The van der Waals surface area contributed by atoms with E-state index in [2.05, 4.69) is 11.8 Å². The van der Waals surface area contributed by atoms with Gasteiger partial charge < -0.3 is 0 Å². The molecule has 0 saturated carbocycles. The number of alkyl halides is 1. The molecular weight excluding hydrogens is 151 g/mol. The van der Waals surface area contributed by atoms with Gasteiger partial charge in [-0.15, -0.1) is 18.8 Å². The van der Waals surface area contributed by atoms with E-state index >= 15 is 0 Å². The van der Waals surface area contributed by atoms with Crippen LogP contribution >= 0.6 is 0 Å². The van der Waals surface area contributed by atoms with Gasteiger partial charge in [-0.05, 0) is 19.3 Å². The zero-order valence-electron chi connectivity index (χ0n) is 7.35. The van der Waals surface area contributed by atoms with E-state index < -0.39 is 6.17 Å². The maximum atomic E-state index is 12.4. The number of terminal acetylenes is 2. The molecule has 12 heavy (non-hydrogen) atoms. The number of hydrogen-bond donors (Lipinski definition) is 0. The zero-order chi connectivity index (χ0) is 9.23. The van der Waals surface area contributed by atoms with Crippen LogP contribution in [0.3, 0.4) is 0 Å². The molecule has 66 valence electrons. The highest BCUT2D eigenvalue weighted by Gasteiger charge is 1.99. The molecule has 0 amide bonds. The van der Waals surface area contributed by atoms with E-state index in [0.29, 0.717) is 6.42 Å². The van der Waals surface area contributed by atoms with Gasteiger partial charge in [-0.2, -0.15) is 0 Å². The van der Waals surface area contributed by atoms with E-state index in [4.69, 9.17) is 12.8 Å². The molecular formula is C11H15F. The predicted molar refractivity (Wildman–Crippen MR) is 50.3 cm³/mol. The fraction of sp³-hybridized carbons (Fsp3) is 0.636. The highest BCUT2D eigenvalue weighted by atomic mass is 19.1. The Balaban J connectivity index is 3.03. The van der Waals surface area contributed by atoms with Crippen LogP contribution in [0.5, 0.6) is 0 Å². The summed E-state index contributed by atoms with van der Waals surface area (Å²) in [6, 6.07) is 0. The minimum atomic E-state index is -1.06. The summed E-state index contributed by atoms with van der Waals surface area (Å²) >= 11 is 0. The average Bonchev–Trinajstić information content (AvgIpc) is 2.10. The Morgan fingerprint density at radius 1 is 1.08 bits per heavy atom.